The molecule has 6 nitrogen and oxygen atoms in total. The number of non-ortho nitro benzene ring substituents is 1. The molecule has 0 fully saturated rings. The van der Waals surface area contributed by atoms with Crippen molar-refractivity contribution in [2.45, 2.75) is 58.3 Å². The number of carbonyl (C=O) groups excluding carboxylic acids is 1. The normalized spacial score (nSPS) is 13.4. The van der Waals surface area contributed by atoms with Crippen molar-refractivity contribution < 1.29 is 14.6 Å². The van der Waals surface area contributed by atoms with Crippen molar-refractivity contribution in [2.24, 2.45) is 5.16 Å². The van der Waals surface area contributed by atoms with Gasteiger partial charge in [0, 0.05) is 28.7 Å². The molecule has 5 rings (SSSR count). The molecule has 1 aliphatic carbocycles. The van der Waals surface area contributed by atoms with Gasteiger partial charge in [0.2, 0.25) is 0 Å². The predicted octanol–water partition coefficient (Wildman–Crippen LogP) is 8.31. The van der Waals surface area contributed by atoms with Crippen LogP contribution in [-0.4, -0.2) is 16.6 Å². The SMILES string of the molecule is CCCC1(CCC)c2cc(/C(=N/OC(=O)Cc3ccccc3)c3ccccc3C)ccc2-c2ccc([N+](=O)[O-])cc21. The van der Waals surface area contributed by atoms with E-state index in [1.807, 2.05) is 73.7 Å². The van der Waals surface area contributed by atoms with Crippen LogP contribution in [0.1, 0.15) is 72.9 Å². The highest BCUT2D eigenvalue weighted by Gasteiger charge is 2.43. The van der Waals surface area contributed by atoms with Crippen LogP contribution in [0.2, 0.25) is 0 Å². The van der Waals surface area contributed by atoms with Crippen molar-refractivity contribution in [1.29, 1.82) is 0 Å². The van der Waals surface area contributed by atoms with Gasteiger partial charge in [-0.2, -0.15) is 0 Å². The van der Waals surface area contributed by atoms with E-state index in [1.165, 1.54) is 0 Å². The van der Waals surface area contributed by atoms with Gasteiger partial charge < -0.3 is 4.84 Å². The van der Waals surface area contributed by atoms with Crippen LogP contribution in [0.4, 0.5) is 5.69 Å². The Labute approximate surface area is 240 Å². The first-order valence-electron chi connectivity index (χ1n) is 14.2. The summed E-state index contributed by atoms with van der Waals surface area (Å²) in [6.45, 7) is 6.32. The lowest BCUT2D eigenvalue weighted by Crippen LogP contribution is -2.25. The zero-order valence-electron chi connectivity index (χ0n) is 23.7. The summed E-state index contributed by atoms with van der Waals surface area (Å²) < 4.78 is 0. The number of hydrogen-bond acceptors (Lipinski definition) is 5. The van der Waals surface area contributed by atoms with Gasteiger partial charge in [-0.3, -0.25) is 10.1 Å². The van der Waals surface area contributed by atoms with Crippen LogP contribution in [0.25, 0.3) is 11.1 Å². The summed E-state index contributed by atoms with van der Waals surface area (Å²) in [6, 6.07) is 28.9. The molecule has 0 saturated heterocycles. The molecule has 0 heterocycles. The molecule has 6 heteroatoms. The molecule has 0 spiro atoms. The fourth-order valence-electron chi connectivity index (χ4n) is 6.25. The van der Waals surface area contributed by atoms with Crippen LogP contribution < -0.4 is 0 Å². The van der Waals surface area contributed by atoms with Gasteiger partial charge in [-0.15, -0.1) is 0 Å². The maximum Gasteiger partial charge on any atom is 0.339 e. The molecular weight excluding hydrogens is 512 g/mol. The number of benzene rings is 4. The molecular formula is C35H34N2O4. The smallest absolute Gasteiger partial charge is 0.317 e. The van der Waals surface area contributed by atoms with E-state index >= 15 is 0 Å². The van der Waals surface area contributed by atoms with Crippen molar-refractivity contribution in [2.75, 3.05) is 0 Å². The quantitative estimate of drug-likeness (QED) is 0.0867. The summed E-state index contributed by atoms with van der Waals surface area (Å²) in [7, 11) is 0. The number of aryl methyl sites for hydroxylation is 1. The third-order valence-electron chi connectivity index (χ3n) is 8.01. The van der Waals surface area contributed by atoms with E-state index in [1.54, 1.807) is 12.1 Å². The average Bonchev–Trinajstić information content (AvgIpc) is 3.23. The first-order valence-corrected chi connectivity index (χ1v) is 14.2. The third kappa shape index (κ3) is 5.42. The lowest BCUT2D eigenvalue weighted by molar-refractivity contribution is -0.384. The van der Waals surface area contributed by atoms with E-state index in [0.717, 1.165) is 70.2 Å². The van der Waals surface area contributed by atoms with Crippen LogP contribution in [-0.2, 0) is 21.5 Å². The van der Waals surface area contributed by atoms with Crippen LogP contribution >= 0.6 is 0 Å². The molecule has 0 N–H and O–H groups in total. The van der Waals surface area contributed by atoms with Crippen molar-refractivity contribution in [3.8, 4) is 11.1 Å². The summed E-state index contributed by atoms with van der Waals surface area (Å²) in [6.07, 6.45) is 3.73. The lowest BCUT2D eigenvalue weighted by atomic mass is 9.71. The fourth-order valence-corrected chi connectivity index (χ4v) is 6.25. The van der Waals surface area contributed by atoms with Crippen molar-refractivity contribution in [3.63, 3.8) is 0 Å². The van der Waals surface area contributed by atoms with E-state index in [2.05, 4.69) is 31.1 Å². The minimum absolute atomic E-state index is 0.112. The van der Waals surface area contributed by atoms with Crippen molar-refractivity contribution in [1.82, 2.24) is 0 Å². The number of fused-ring (bicyclic) bond motifs is 3. The lowest BCUT2D eigenvalue weighted by Gasteiger charge is -2.32. The van der Waals surface area contributed by atoms with E-state index in [-0.39, 0.29) is 22.4 Å². The summed E-state index contributed by atoms with van der Waals surface area (Å²) in [4.78, 5) is 29.7. The van der Waals surface area contributed by atoms with Gasteiger partial charge in [-0.25, -0.2) is 4.79 Å². The Hall–Kier alpha value is -4.58. The predicted molar refractivity (Wildman–Crippen MR) is 162 cm³/mol. The second kappa shape index (κ2) is 11.9. The zero-order valence-corrected chi connectivity index (χ0v) is 23.7. The Balaban J connectivity index is 1.63. The van der Waals surface area contributed by atoms with E-state index in [0.29, 0.717) is 5.71 Å². The van der Waals surface area contributed by atoms with Gasteiger partial charge in [0.25, 0.3) is 5.69 Å². The molecule has 1 aliphatic rings. The minimum Gasteiger partial charge on any atom is -0.317 e. The molecule has 0 aromatic heterocycles. The monoisotopic (exact) mass is 546 g/mol. The second-order valence-corrected chi connectivity index (χ2v) is 10.7. The van der Waals surface area contributed by atoms with Crippen LogP contribution in [0.3, 0.4) is 0 Å². The molecule has 4 aromatic carbocycles. The molecule has 0 bridgehead atoms. The van der Waals surface area contributed by atoms with Crippen molar-refractivity contribution >= 4 is 17.4 Å². The van der Waals surface area contributed by atoms with E-state index < -0.39 is 5.97 Å². The van der Waals surface area contributed by atoms with E-state index in [4.69, 9.17) is 4.84 Å². The summed E-state index contributed by atoms with van der Waals surface area (Å²) in [5.74, 6) is -0.436. The van der Waals surface area contributed by atoms with Gasteiger partial charge in [-0.05, 0) is 65.3 Å². The molecule has 0 aliphatic heterocycles. The molecule has 0 radical (unpaired) electrons. The highest BCUT2D eigenvalue weighted by atomic mass is 16.7. The molecule has 208 valence electrons. The maximum atomic E-state index is 12.8. The first-order chi connectivity index (χ1) is 19.9. The summed E-state index contributed by atoms with van der Waals surface area (Å²) in [5.41, 5.74) is 8.23. The Morgan fingerprint density at radius 3 is 2.15 bits per heavy atom. The molecule has 0 amide bonds. The highest BCUT2D eigenvalue weighted by molar-refractivity contribution is 6.14. The summed E-state index contributed by atoms with van der Waals surface area (Å²) >= 11 is 0. The second-order valence-electron chi connectivity index (χ2n) is 10.7. The highest BCUT2D eigenvalue weighted by Crippen LogP contribution is 2.54. The average molecular weight is 547 g/mol. The molecule has 4 aromatic rings. The molecule has 0 unspecified atom stereocenters. The number of nitrogens with zero attached hydrogens (tertiary/aromatic N) is 2. The zero-order chi connectivity index (χ0) is 29.0. The third-order valence-corrected chi connectivity index (χ3v) is 8.01. The fraction of sp³-hybridized carbons (Fsp3) is 0.257. The molecule has 41 heavy (non-hydrogen) atoms. The van der Waals surface area contributed by atoms with E-state index in [9.17, 15) is 14.9 Å². The number of rotatable bonds is 10. The minimum atomic E-state index is -0.436. The van der Waals surface area contributed by atoms with Crippen LogP contribution in [0.5, 0.6) is 0 Å². The van der Waals surface area contributed by atoms with Crippen LogP contribution in [0, 0.1) is 17.0 Å². The Kier molecular flexibility index (Phi) is 8.11. The first kappa shape index (κ1) is 28.0. The van der Waals surface area contributed by atoms with Gasteiger partial charge >= 0.3 is 5.97 Å². The largest absolute Gasteiger partial charge is 0.339 e. The number of nitro groups is 1. The Morgan fingerprint density at radius 2 is 1.49 bits per heavy atom. The summed E-state index contributed by atoms with van der Waals surface area (Å²) in [5, 5.41) is 16.2. The van der Waals surface area contributed by atoms with Gasteiger partial charge in [0.15, 0.2) is 0 Å². The van der Waals surface area contributed by atoms with Gasteiger partial charge in [-0.1, -0.05) is 98.6 Å². The van der Waals surface area contributed by atoms with Gasteiger partial charge in [0.1, 0.15) is 5.71 Å². The van der Waals surface area contributed by atoms with Crippen LogP contribution in [0.15, 0.2) is 96.2 Å². The number of nitro benzene ring substituents is 1. The maximum absolute atomic E-state index is 12.8. The molecule has 0 saturated carbocycles. The van der Waals surface area contributed by atoms with Crippen molar-refractivity contribution in [3.05, 3.63) is 134 Å². The molecule has 0 atom stereocenters. The Morgan fingerprint density at radius 1 is 0.854 bits per heavy atom. The topological polar surface area (TPSA) is 81.8 Å². The number of hydrogen-bond donors (Lipinski definition) is 0. The number of carbonyl (C=O) groups is 1. The number of oxime groups is 1. The standard InChI is InChI=1S/C35H34N2O4/c1-4-19-35(20-5-2)31-22-26(15-17-29(31)30-18-16-27(37(39)40)23-32(30)35)34(28-14-10-9-11-24(28)3)36-41-33(38)21-25-12-7-6-8-13-25/h6-18,22-23H,4-5,19-21H2,1-3H3/b36-34-. The Bertz CT molecular complexity index is 1620. The van der Waals surface area contributed by atoms with Gasteiger partial charge in [0.05, 0.1) is 11.3 Å².